The number of halogens is 2. The molecule has 152 valence electrons. The van der Waals surface area contributed by atoms with Gasteiger partial charge >= 0.3 is 0 Å². The van der Waals surface area contributed by atoms with E-state index in [0.717, 1.165) is 8.95 Å². The van der Waals surface area contributed by atoms with Crippen LogP contribution < -0.4 is 0 Å². The van der Waals surface area contributed by atoms with Crippen molar-refractivity contribution in [1.82, 2.24) is 8.61 Å². The van der Waals surface area contributed by atoms with Gasteiger partial charge in [0.25, 0.3) is 0 Å². The maximum Gasteiger partial charge on any atom is 0.243 e. The Balaban J connectivity index is 1.88. The van der Waals surface area contributed by atoms with Crippen molar-refractivity contribution in [1.29, 1.82) is 0 Å². The highest BCUT2D eigenvalue weighted by Gasteiger charge is 2.41. The lowest BCUT2D eigenvalue weighted by atomic mass is 10.2. The van der Waals surface area contributed by atoms with Crippen molar-refractivity contribution in [2.45, 2.75) is 35.7 Å². The summed E-state index contributed by atoms with van der Waals surface area (Å²) in [5.41, 5.74) is 0. The van der Waals surface area contributed by atoms with Gasteiger partial charge in [-0.1, -0.05) is 31.9 Å². The Kier molecular flexibility index (Phi) is 6.38. The van der Waals surface area contributed by atoms with E-state index in [4.69, 9.17) is 0 Å². The lowest BCUT2D eigenvalue weighted by molar-refractivity contribution is 0.163. The lowest BCUT2D eigenvalue weighted by Crippen LogP contribution is -2.59. The van der Waals surface area contributed by atoms with Crippen LogP contribution in [0.5, 0.6) is 0 Å². The monoisotopic (exact) mass is 550 g/mol. The van der Waals surface area contributed by atoms with Crippen LogP contribution in [0.15, 0.2) is 67.3 Å². The minimum Gasteiger partial charge on any atom is -0.207 e. The molecule has 0 amide bonds. The quantitative estimate of drug-likeness (QED) is 0.581. The molecule has 0 aliphatic carbocycles. The van der Waals surface area contributed by atoms with Crippen molar-refractivity contribution in [2.75, 3.05) is 13.1 Å². The highest BCUT2D eigenvalue weighted by atomic mass is 79.9. The van der Waals surface area contributed by atoms with E-state index in [1.54, 1.807) is 62.4 Å². The predicted molar refractivity (Wildman–Crippen MR) is 115 cm³/mol. The molecule has 2 aromatic rings. The van der Waals surface area contributed by atoms with Gasteiger partial charge < -0.3 is 0 Å². The molecule has 3 rings (SSSR count). The van der Waals surface area contributed by atoms with Crippen molar-refractivity contribution >= 4 is 51.9 Å². The largest absolute Gasteiger partial charge is 0.243 e. The van der Waals surface area contributed by atoms with Gasteiger partial charge in [-0.3, -0.25) is 0 Å². The molecular formula is C18H20Br2N2O4S2. The zero-order valence-corrected chi connectivity index (χ0v) is 20.1. The third-order valence-corrected chi connectivity index (χ3v) is 9.76. The molecule has 0 spiro atoms. The van der Waals surface area contributed by atoms with Gasteiger partial charge in [-0.05, 0) is 62.4 Å². The number of piperazine rings is 1. The number of hydrogen-bond acceptors (Lipinski definition) is 4. The van der Waals surface area contributed by atoms with Crippen LogP contribution in [-0.2, 0) is 20.0 Å². The topological polar surface area (TPSA) is 74.8 Å². The minimum absolute atomic E-state index is 0.0926. The van der Waals surface area contributed by atoms with E-state index >= 15 is 0 Å². The summed E-state index contributed by atoms with van der Waals surface area (Å²) in [6.45, 7) is 3.64. The molecule has 2 unspecified atom stereocenters. The Bertz CT molecular complexity index is 968. The second kappa shape index (κ2) is 8.16. The number of sulfonamides is 2. The highest BCUT2D eigenvalue weighted by Crippen LogP contribution is 2.29. The summed E-state index contributed by atoms with van der Waals surface area (Å²) in [5, 5.41) is 0. The van der Waals surface area contributed by atoms with Crippen molar-refractivity contribution in [3.63, 3.8) is 0 Å². The Morgan fingerprint density at radius 1 is 0.679 bits per heavy atom. The van der Waals surface area contributed by atoms with Gasteiger partial charge in [0.05, 0.1) is 9.79 Å². The van der Waals surface area contributed by atoms with Gasteiger partial charge in [0, 0.05) is 34.1 Å². The normalized spacial score (nSPS) is 22.3. The first-order chi connectivity index (χ1) is 13.0. The molecule has 0 radical (unpaired) electrons. The summed E-state index contributed by atoms with van der Waals surface area (Å²) in [6, 6.07) is 11.9. The Hall–Kier alpha value is -0.780. The fourth-order valence-electron chi connectivity index (χ4n) is 3.22. The molecule has 6 nitrogen and oxygen atoms in total. The molecule has 10 heteroatoms. The zero-order chi connectivity index (χ0) is 20.7. The maximum atomic E-state index is 13.1. The molecule has 0 N–H and O–H groups in total. The van der Waals surface area contributed by atoms with Gasteiger partial charge in [-0.15, -0.1) is 0 Å². The van der Waals surface area contributed by atoms with Crippen molar-refractivity contribution in [3.05, 3.63) is 57.5 Å². The third-order valence-electron chi connectivity index (χ3n) is 4.71. The first-order valence-electron chi connectivity index (χ1n) is 8.58. The van der Waals surface area contributed by atoms with Crippen LogP contribution in [0.4, 0.5) is 0 Å². The van der Waals surface area contributed by atoms with Crippen LogP contribution in [0.2, 0.25) is 0 Å². The Labute approximate surface area is 182 Å². The molecule has 28 heavy (non-hydrogen) atoms. The molecule has 0 bridgehead atoms. The van der Waals surface area contributed by atoms with E-state index in [1.165, 1.54) is 8.61 Å². The zero-order valence-electron chi connectivity index (χ0n) is 15.3. The van der Waals surface area contributed by atoms with E-state index in [1.807, 2.05) is 0 Å². The number of benzene rings is 2. The van der Waals surface area contributed by atoms with Crippen LogP contribution in [0, 0.1) is 0 Å². The van der Waals surface area contributed by atoms with Crippen molar-refractivity contribution in [2.24, 2.45) is 0 Å². The SMILES string of the molecule is CC1CN(S(=O)(=O)c2ccc(Br)cc2)C(C)CN1S(=O)(=O)c1ccc(Br)cc1. The van der Waals surface area contributed by atoms with E-state index in [0.29, 0.717) is 0 Å². The fourth-order valence-corrected chi connectivity index (χ4v) is 7.15. The molecular weight excluding hydrogens is 532 g/mol. The first-order valence-corrected chi connectivity index (χ1v) is 13.0. The number of nitrogens with zero attached hydrogens (tertiary/aromatic N) is 2. The smallest absolute Gasteiger partial charge is 0.207 e. The number of hydrogen-bond donors (Lipinski definition) is 0. The summed E-state index contributed by atoms with van der Waals surface area (Å²) in [6.07, 6.45) is 0. The average molecular weight is 552 g/mol. The minimum atomic E-state index is -3.72. The highest BCUT2D eigenvalue weighted by molar-refractivity contribution is 9.10. The summed E-state index contributed by atoms with van der Waals surface area (Å²) in [4.78, 5) is 0.387. The standard InChI is InChI=1S/C18H20Br2N2O4S2/c1-13-11-22(28(25,26)18-9-5-16(20)6-10-18)14(2)12-21(13)27(23,24)17-7-3-15(19)4-8-17/h3-10,13-14H,11-12H2,1-2H3. The van der Waals surface area contributed by atoms with Crippen molar-refractivity contribution < 1.29 is 16.8 Å². The summed E-state index contributed by atoms with van der Waals surface area (Å²) < 4.78 is 56.6. The molecule has 0 aromatic heterocycles. The van der Waals surface area contributed by atoms with Gasteiger partial charge in [0.1, 0.15) is 0 Å². The lowest BCUT2D eigenvalue weighted by Gasteiger charge is -2.42. The maximum absolute atomic E-state index is 13.1. The second-order valence-electron chi connectivity index (χ2n) is 6.76. The first kappa shape index (κ1) is 21.9. The summed E-state index contributed by atoms with van der Waals surface area (Å²) in [5.74, 6) is 0. The van der Waals surface area contributed by atoms with Crippen LogP contribution in [-0.4, -0.2) is 50.6 Å². The Morgan fingerprint density at radius 2 is 0.964 bits per heavy atom. The molecule has 1 fully saturated rings. The van der Waals surface area contributed by atoms with Crippen LogP contribution in [0.1, 0.15) is 13.8 Å². The molecule has 1 heterocycles. The van der Waals surface area contributed by atoms with E-state index in [-0.39, 0.29) is 22.9 Å². The Morgan fingerprint density at radius 3 is 1.25 bits per heavy atom. The van der Waals surface area contributed by atoms with Crippen LogP contribution >= 0.6 is 31.9 Å². The summed E-state index contributed by atoms with van der Waals surface area (Å²) in [7, 11) is -7.43. The predicted octanol–water partition coefficient (Wildman–Crippen LogP) is 3.68. The van der Waals surface area contributed by atoms with Crippen LogP contribution in [0.25, 0.3) is 0 Å². The second-order valence-corrected chi connectivity index (χ2v) is 12.4. The van der Waals surface area contributed by atoms with Gasteiger partial charge in [-0.25, -0.2) is 16.8 Å². The molecule has 1 aliphatic heterocycles. The molecule has 2 atom stereocenters. The average Bonchev–Trinajstić information content (AvgIpc) is 2.63. The molecule has 1 aliphatic rings. The van der Waals surface area contributed by atoms with Crippen molar-refractivity contribution in [3.8, 4) is 0 Å². The molecule has 1 saturated heterocycles. The van der Waals surface area contributed by atoms with Gasteiger partial charge in [0.15, 0.2) is 0 Å². The summed E-state index contributed by atoms with van der Waals surface area (Å²) >= 11 is 6.60. The van der Waals surface area contributed by atoms with E-state index in [9.17, 15) is 16.8 Å². The van der Waals surface area contributed by atoms with E-state index < -0.39 is 32.1 Å². The molecule has 0 saturated carbocycles. The van der Waals surface area contributed by atoms with Gasteiger partial charge in [0.2, 0.25) is 20.0 Å². The van der Waals surface area contributed by atoms with Gasteiger partial charge in [-0.2, -0.15) is 8.61 Å². The fraction of sp³-hybridized carbons (Fsp3) is 0.333. The number of rotatable bonds is 4. The third kappa shape index (κ3) is 4.22. The molecule has 2 aromatic carbocycles. The van der Waals surface area contributed by atoms with E-state index in [2.05, 4.69) is 31.9 Å². The van der Waals surface area contributed by atoms with Crippen LogP contribution in [0.3, 0.4) is 0 Å².